The van der Waals surface area contributed by atoms with Gasteiger partial charge in [0.05, 0.1) is 12.6 Å². The summed E-state index contributed by atoms with van der Waals surface area (Å²) in [7, 11) is 0. The molecule has 3 amide bonds. The average molecular weight is 615 g/mol. The van der Waals surface area contributed by atoms with E-state index in [4.69, 9.17) is 4.74 Å². The molecule has 3 aromatic rings. The second-order valence-electron chi connectivity index (χ2n) is 11.3. The van der Waals surface area contributed by atoms with Crippen molar-refractivity contribution >= 4 is 34.4 Å². The van der Waals surface area contributed by atoms with Crippen molar-refractivity contribution in [3.05, 3.63) is 65.6 Å². The Morgan fingerprint density at radius 1 is 1.00 bits per heavy atom. The first-order chi connectivity index (χ1) is 21.1. The molecule has 5 rings (SSSR count). The first-order valence-electron chi connectivity index (χ1n) is 14.8. The third-order valence-corrected chi connectivity index (χ3v) is 7.85. The Balaban J connectivity index is 0.000000555. The summed E-state index contributed by atoms with van der Waals surface area (Å²) in [6.45, 7) is 1.38. The molecular formula is C32H37F3N4O5. The summed E-state index contributed by atoms with van der Waals surface area (Å²) in [5.74, 6) is -7.16. The molecule has 0 spiro atoms. The Morgan fingerprint density at radius 2 is 1.73 bits per heavy atom. The fourth-order valence-electron chi connectivity index (χ4n) is 5.31. The van der Waals surface area contributed by atoms with Crippen molar-refractivity contribution in [2.45, 2.75) is 57.9 Å². The predicted molar refractivity (Wildman–Crippen MR) is 157 cm³/mol. The molecule has 1 saturated heterocycles. The number of aromatic amines is 1. The van der Waals surface area contributed by atoms with Gasteiger partial charge < -0.3 is 25.7 Å². The standard InChI is InChI=1S/C25H23F3N4O5.C7H14/c26-15-5-6-16(27)23(22(15)28)37-12-20(33)18(10-14-7-8-29-24(14)35)32-21(34)11-30-25(36)19-9-13-3-1-2-4-17(13)31-19;1-7-5-3-2-4-6-7/h1-6,9,14,18,31H,7-8,10-12H2,(H,29,35)(H,30,36)(H,32,34);7H,2-6H2,1H3/t14-,18?;/m0./s1. The molecule has 2 fully saturated rings. The monoisotopic (exact) mass is 614 g/mol. The SMILES string of the molecule is CC1CCCCC1.O=C(CNC(=O)c1cc2ccccc2[nH]1)NC(C[C@@H]1CCNC1=O)C(=O)COc1c(F)ccc(F)c1F. The first kappa shape index (κ1) is 32.6. The van der Waals surface area contributed by atoms with Crippen LogP contribution < -0.4 is 20.7 Å². The minimum atomic E-state index is -1.59. The highest BCUT2D eigenvalue weighted by atomic mass is 19.2. The van der Waals surface area contributed by atoms with E-state index in [1.807, 2.05) is 12.1 Å². The molecule has 0 bridgehead atoms. The third-order valence-electron chi connectivity index (χ3n) is 7.85. The number of carbonyl (C=O) groups excluding carboxylic acids is 4. The normalized spacial score (nSPS) is 17.3. The molecule has 2 heterocycles. The zero-order valence-corrected chi connectivity index (χ0v) is 24.5. The summed E-state index contributed by atoms with van der Waals surface area (Å²) in [6, 6.07) is 8.80. The van der Waals surface area contributed by atoms with Gasteiger partial charge in [-0.15, -0.1) is 0 Å². The molecule has 1 aliphatic heterocycles. The molecule has 2 atom stereocenters. The number of nitrogens with one attached hydrogen (secondary N) is 4. The van der Waals surface area contributed by atoms with E-state index in [-0.39, 0.29) is 18.0 Å². The zero-order valence-electron chi connectivity index (χ0n) is 24.5. The van der Waals surface area contributed by atoms with E-state index in [0.29, 0.717) is 25.1 Å². The molecule has 1 saturated carbocycles. The molecule has 2 aliphatic rings. The number of rotatable bonds is 10. The Bertz CT molecular complexity index is 1450. The quantitative estimate of drug-likeness (QED) is 0.249. The second-order valence-corrected chi connectivity index (χ2v) is 11.3. The van der Waals surface area contributed by atoms with Gasteiger partial charge in [-0.25, -0.2) is 8.78 Å². The van der Waals surface area contributed by atoms with E-state index in [1.54, 1.807) is 18.2 Å². The Morgan fingerprint density at radius 3 is 2.39 bits per heavy atom. The maximum atomic E-state index is 13.9. The van der Waals surface area contributed by atoms with Gasteiger partial charge in [0.15, 0.2) is 23.2 Å². The van der Waals surface area contributed by atoms with Crippen molar-refractivity contribution < 1.29 is 37.1 Å². The van der Waals surface area contributed by atoms with Crippen LogP contribution in [0.15, 0.2) is 42.5 Å². The number of Topliss-reactive ketones (excluding diaryl/α,β-unsaturated/α-hetero) is 1. The average Bonchev–Trinajstić information content (AvgIpc) is 3.64. The Kier molecular flexibility index (Phi) is 11.4. The van der Waals surface area contributed by atoms with Crippen molar-refractivity contribution in [2.75, 3.05) is 19.7 Å². The van der Waals surface area contributed by atoms with Crippen LogP contribution in [0.1, 0.15) is 62.4 Å². The van der Waals surface area contributed by atoms with Crippen LogP contribution in [-0.2, 0) is 14.4 Å². The van der Waals surface area contributed by atoms with Crippen LogP contribution in [0.5, 0.6) is 5.75 Å². The van der Waals surface area contributed by atoms with Crippen LogP contribution in [0.2, 0.25) is 0 Å². The van der Waals surface area contributed by atoms with E-state index in [2.05, 4.69) is 27.9 Å². The van der Waals surface area contributed by atoms with Crippen LogP contribution in [-0.4, -0.2) is 54.2 Å². The molecule has 2 aromatic carbocycles. The molecule has 236 valence electrons. The number of carbonyl (C=O) groups is 4. The number of amides is 3. The first-order valence-corrected chi connectivity index (χ1v) is 14.8. The molecule has 1 aliphatic carbocycles. The summed E-state index contributed by atoms with van der Waals surface area (Å²) >= 11 is 0. The fraction of sp³-hybridized carbons (Fsp3) is 0.438. The van der Waals surface area contributed by atoms with Gasteiger partial charge >= 0.3 is 0 Å². The number of ether oxygens (including phenoxy) is 1. The molecule has 4 N–H and O–H groups in total. The van der Waals surface area contributed by atoms with Gasteiger partial charge in [-0.05, 0) is 43.0 Å². The molecule has 44 heavy (non-hydrogen) atoms. The molecule has 9 nitrogen and oxygen atoms in total. The molecule has 0 radical (unpaired) electrons. The lowest BCUT2D eigenvalue weighted by molar-refractivity contribution is -0.130. The van der Waals surface area contributed by atoms with Crippen molar-refractivity contribution in [2.24, 2.45) is 11.8 Å². The van der Waals surface area contributed by atoms with Crippen LogP contribution in [0.4, 0.5) is 13.2 Å². The van der Waals surface area contributed by atoms with E-state index < -0.39 is 65.9 Å². The van der Waals surface area contributed by atoms with Gasteiger partial charge in [0.2, 0.25) is 17.6 Å². The minimum absolute atomic E-state index is 0.0934. The number of fused-ring (bicyclic) bond motifs is 1. The van der Waals surface area contributed by atoms with Gasteiger partial charge in [0, 0.05) is 23.4 Å². The van der Waals surface area contributed by atoms with E-state index in [9.17, 15) is 32.3 Å². The highest BCUT2D eigenvalue weighted by molar-refractivity contribution is 6.00. The summed E-state index contributed by atoms with van der Waals surface area (Å²) in [5, 5.41) is 8.31. The predicted octanol–water partition coefficient (Wildman–Crippen LogP) is 4.56. The van der Waals surface area contributed by atoms with E-state index in [0.717, 1.165) is 16.8 Å². The molecule has 1 unspecified atom stereocenters. The summed E-state index contributed by atoms with van der Waals surface area (Å²) in [4.78, 5) is 52.7. The second kappa shape index (κ2) is 15.4. The van der Waals surface area contributed by atoms with Gasteiger partial charge in [0.25, 0.3) is 5.91 Å². The maximum absolute atomic E-state index is 13.9. The Hall–Kier alpha value is -4.35. The number of H-pyrrole nitrogens is 1. The molecular weight excluding hydrogens is 577 g/mol. The Labute approximate surface area is 253 Å². The van der Waals surface area contributed by atoms with Gasteiger partial charge in [0.1, 0.15) is 12.3 Å². The lowest BCUT2D eigenvalue weighted by atomic mass is 9.91. The number of ketones is 1. The highest BCUT2D eigenvalue weighted by Gasteiger charge is 2.32. The summed E-state index contributed by atoms with van der Waals surface area (Å²) in [6.07, 6.45) is 7.76. The lowest BCUT2D eigenvalue weighted by Crippen LogP contribution is -2.48. The van der Waals surface area contributed by atoms with Gasteiger partial charge in [-0.1, -0.05) is 57.2 Å². The van der Waals surface area contributed by atoms with Crippen molar-refractivity contribution in [3.63, 3.8) is 0 Å². The number of halogens is 3. The molecule has 12 heteroatoms. The van der Waals surface area contributed by atoms with E-state index in [1.165, 1.54) is 32.1 Å². The number of hydrogen-bond donors (Lipinski definition) is 4. The fourth-order valence-corrected chi connectivity index (χ4v) is 5.31. The number of hydrogen-bond acceptors (Lipinski definition) is 5. The van der Waals surface area contributed by atoms with Crippen LogP contribution in [0.3, 0.4) is 0 Å². The summed E-state index contributed by atoms with van der Waals surface area (Å²) in [5.41, 5.74) is 0.973. The zero-order chi connectivity index (χ0) is 31.6. The van der Waals surface area contributed by atoms with Gasteiger partial charge in [-0.3, -0.25) is 19.2 Å². The third kappa shape index (κ3) is 8.84. The van der Waals surface area contributed by atoms with E-state index >= 15 is 0 Å². The van der Waals surface area contributed by atoms with Gasteiger partial charge in [-0.2, -0.15) is 4.39 Å². The van der Waals surface area contributed by atoms with Crippen molar-refractivity contribution in [3.8, 4) is 5.75 Å². The maximum Gasteiger partial charge on any atom is 0.268 e. The number of aromatic nitrogens is 1. The number of para-hydroxylation sites is 1. The van der Waals surface area contributed by atoms with Crippen LogP contribution >= 0.6 is 0 Å². The lowest BCUT2D eigenvalue weighted by Gasteiger charge is -2.20. The topological polar surface area (TPSA) is 129 Å². The summed E-state index contributed by atoms with van der Waals surface area (Å²) < 4.78 is 46.0. The molecule has 1 aromatic heterocycles. The number of benzene rings is 2. The van der Waals surface area contributed by atoms with Crippen molar-refractivity contribution in [1.82, 2.24) is 20.9 Å². The highest BCUT2D eigenvalue weighted by Crippen LogP contribution is 2.24. The van der Waals surface area contributed by atoms with Crippen LogP contribution in [0.25, 0.3) is 10.9 Å². The smallest absolute Gasteiger partial charge is 0.268 e. The largest absolute Gasteiger partial charge is 0.480 e. The van der Waals surface area contributed by atoms with Crippen molar-refractivity contribution in [1.29, 1.82) is 0 Å². The van der Waals surface area contributed by atoms with Crippen LogP contribution in [0, 0.1) is 29.3 Å². The minimum Gasteiger partial charge on any atom is -0.480 e.